The number of aromatic nitrogens is 1. The Labute approximate surface area is 158 Å². The Bertz CT molecular complexity index is 684. The fourth-order valence-corrected chi connectivity index (χ4v) is 4.26. The summed E-state index contributed by atoms with van der Waals surface area (Å²) in [6, 6.07) is 9.64. The van der Waals surface area contributed by atoms with E-state index in [1.807, 2.05) is 31.3 Å². The maximum Gasteiger partial charge on any atom is 0.132 e. The Morgan fingerprint density at radius 2 is 1.81 bits per heavy atom. The van der Waals surface area contributed by atoms with Crippen molar-refractivity contribution >= 4 is 0 Å². The summed E-state index contributed by atoms with van der Waals surface area (Å²) in [4.78, 5) is 4.58. The fourth-order valence-electron chi connectivity index (χ4n) is 4.26. The molecule has 26 heavy (non-hydrogen) atoms. The van der Waals surface area contributed by atoms with E-state index in [1.54, 1.807) is 6.07 Å². The maximum atomic E-state index is 14.3. The summed E-state index contributed by atoms with van der Waals surface area (Å²) in [7, 11) is 0. The van der Waals surface area contributed by atoms with Gasteiger partial charge in [0.15, 0.2) is 0 Å². The third-order valence-electron chi connectivity index (χ3n) is 6.04. The lowest BCUT2D eigenvalue weighted by atomic mass is 9.77. The summed E-state index contributed by atoms with van der Waals surface area (Å²) in [5.41, 5.74) is 3.69. The van der Waals surface area contributed by atoms with E-state index in [0.29, 0.717) is 11.5 Å². The monoisotopic (exact) mass is 353 g/mol. The van der Waals surface area contributed by atoms with Gasteiger partial charge in [-0.3, -0.25) is 4.98 Å². The normalized spacial score (nSPS) is 20.3. The average molecular weight is 354 g/mol. The third-order valence-corrected chi connectivity index (χ3v) is 6.04. The molecule has 2 aromatic rings. The number of hydrogen-bond donors (Lipinski definition) is 0. The molecule has 0 N–H and O–H groups in total. The zero-order valence-corrected chi connectivity index (χ0v) is 16.3. The molecule has 1 aliphatic rings. The van der Waals surface area contributed by atoms with Crippen LogP contribution < -0.4 is 0 Å². The fraction of sp³-hybridized carbons (Fsp3) is 0.542. The van der Waals surface area contributed by atoms with E-state index < -0.39 is 0 Å². The molecule has 2 heteroatoms. The highest BCUT2D eigenvalue weighted by Gasteiger charge is 2.22. The third kappa shape index (κ3) is 4.72. The number of pyridine rings is 1. The van der Waals surface area contributed by atoms with Crippen LogP contribution in [0, 0.1) is 11.7 Å². The number of aryl methyl sites for hydroxylation is 1. The van der Waals surface area contributed by atoms with Crippen molar-refractivity contribution in [1.29, 1.82) is 0 Å². The molecule has 3 rings (SSSR count). The largest absolute Gasteiger partial charge is 0.256 e. The number of rotatable bonds is 7. The predicted octanol–water partition coefficient (Wildman–Crippen LogP) is 7.30. The lowest BCUT2D eigenvalue weighted by Crippen LogP contribution is -2.13. The van der Waals surface area contributed by atoms with Crippen LogP contribution in [0.3, 0.4) is 0 Å². The molecule has 0 amide bonds. The number of benzene rings is 1. The standard InChI is InChI=1S/C24H32FN/c1-3-5-6-7-19-8-11-20(12-9-19)21-13-15-24(26-17-21)22-14-10-18(4-2)16-23(22)25/h10,13-17,19-20H,3-9,11-12H2,1-2H3. The van der Waals surface area contributed by atoms with E-state index in [1.165, 1.54) is 56.9 Å². The predicted molar refractivity (Wildman–Crippen MR) is 108 cm³/mol. The van der Waals surface area contributed by atoms with E-state index >= 15 is 0 Å². The molecular formula is C24H32FN. The first-order valence-electron chi connectivity index (χ1n) is 10.5. The molecule has 140 valence electrons. The summed E-state index contributed by atoms with van der Waals surface area (Å²) in [6.07, 6.45) is 13.6. The summed E-state index contributed by atoms with van der Waals surface area (Å²) in [5.74, 6) is 1.39. The second kappa shape index (κ2) is 9.30. The first kappa shape index (κ1) is 19.1. The van der Waals surface area contributed by atoms with E-state index in [0.717, 1.165) is 23.6 Å². The second-order valence-electron chi connectivity index (χ2n) is 7.86. The van der Waals surface area contributed by atoms with Crippen molar-refractivity contribution in [2.24, 2.45) is 5.92 Å². The van der Waals surface area contributed by atoms with Gasteiger partial charge in [-0.15, -0.1) is 0 Å². The minimum absolute atomic E-state index is 0.169. The van der Waals surface area contributed by atoms with E-state index in [9.17, 15) is 4.39 Å². The van der Waals surface area contributed by atoms with Gasteiger partial charge in [0.05, 0.1) is 5.69 Å². The molecule has 0 spiro atoms. The first-order chi connectivity index (χ1) is 12.7. The Kier molecular flexibility index (Phi) is 6.82. The lowest BCUT2D eigenvalue weighted by Gasteiger charge is -2.28. The Morgan fingerprint density at radius 3 is 2.42 bits per heavy atom. The minimum atomic E-state index is -0.169. The molecule has 1 saturated carbocycles. The average Bonchev–Trinajstić information content (AvgIpc) is 2.69. The van der Waals surface area contributed by atoms with Gasteiger partial charge in [0, 0.05) is 11.8 Å². The number of hydrogen-bond acceptors (Lipinski definition) is 1. The molecule has 0 saturated heterocycles. The zero-order valence-electron chi connectivity index (χ0n) is 16.3. The minimum Gasteiger partial charge on any atom is -0.256 e. The molecule has 0 unspecified atom stereocenters. The summed E-state index contributed by atoms with van der Waals surface area (Å²) < 4.78 is 14.3. The van der Waals surface area contributed by atoms with Crippen LogP contribution in [0.25, 0.3) is 11.3 Å². The van der Waals surface area contributed by atoms with Crippen LogP contribution in [0.2, 0.25) is 0 Å². The molecule has 0 aliphatic heterocycles. The molecule has 0 atom stereocenters. The Balaban J connectivity index is 1.60. The summed E-state index contributed by atoms with van der Waals surface area (Å²) in [5, 5.41) is 0. The molecule has 1 fully saturated rings. The molecule has 1 heterocycles. The lowest BCUT2D eigenvalue weighted by molar-refractivity contribution is 0.302. The van der Waals surface area contributed by atoms with Crippen LogP contribution in [-0.2, 0) is 6.42 Å². The van der Waals surface area contributed by atoms with E-state index in [-0.39, 0.29) is 5.82 Å². The van der Waals surface area contributed by atoms with Gasteiger partial charge < -0.3 is 0 Å². The van der Waals surface area contributed by atoms with Crippen molar-refractivity contribution < 1.29 is 4.39 Å². The van der Waals surface area contributed by atoms with E-state index in [4.69, 9.17) is 0 Å². The quantitative estimate of drug-likeness (QED) is 0.476. The molecule has 1 nitrogen and oxygen atoms in total. The highest BCUT2D eigenvalue weighted by atomic mass is 19.1. The van der Waals surface area contributed by atoms with Gasteiger partial charge >= 0.3 is 0 Å². The smallest absolute Gasteiger partial charge is 0.132 e. The highest BCUT2D eigenvalue weighted by Crippen LogP contribution is 2.38. The van der Waals surface area contributed by atoms with Crippen LogP contribution in [0.15, 0.2) is 36.5 Å². The number of unbranched alkanes of at least 4 members (excludes halogenated alkanes) is 2. The molecule has 1 aromatic carbocycles. The van der Waals surface area contributed by atoms with Gasteiger partial charge in [-0.1, -0.05) is 51.7 Å². The van der Waals surface area contributed by atoms with Gasteiger partial charge in [0.2, 0.25) is 0 Å². The highest BCUT2D eigenvalue weighted by molar-refractivity contribution is 5.60. The van der Waals surface area contributed by atoms with Gasteiger partial charge in [-0.2, -0.15) is 0 Å². The van der Waals surface area contributed by atoms with E-state index in [2.05, 4.69) is 18.0 Å². The van der Waals surface area contributed by atoms with Crippen LogP contribution in [0.4, 0.5) is 4.39 Å². The first-order valence-corrected chi connectivity index (χ1v) is 10.5. The zero-order chi connectivity index (χ0) is 18.4. The molecule has 1 aromatic heterocycles. The van der Waals surface area contributed by atoms with Crippen molar-refractivity contribution in [1.82, 2.24) is 4.98 Å². The SMILES string of the molecule is CCCCCC1CCC(c2ccc(-c3ccc(CC)cc3F)nc2)CC1. The van der Waals surface area contributed by atoms with Gasteiger partial charge in [0.25, 0.3) is 0 Å². The number of nitrogens with zero attached hydrogens (tertiary/aromatic N) is 1. The van der Waals surface area contributed by atoms with Crippen LogP contribution in [0.1, 0.15) is 82.3 Å². The molecule has 0 bridgehead atoms. The summed E-state index contributed by atoms with van der Waals surface area (Å²) >= 11 is 0. The topological polar surface area (TPSA) is 12.9 Å². The second-order valence-corrected chi connectivity index (χ2v) is 7.86. The van der Waals surface area contributed by atoms with Gasteiger partial charge in [-0.05, 0) is 73.3 Å². The van der Waals surface area contributed by atoms with Gasteiger partial charge in [-0.25, -0.2) is 4.39 Å². The molecule has 1 aliphatic carbocycles. The Hall–Kier alpha value is -1.70. The summed E-state index contributed by atoms with van der Waals surface area (Å²) in [6.45, 7) is 4.32. The van der Waals surface area contributed by atoms with Crippen LogP contribution in [-0.4, -0.2) is 4.98 Å². The van der Waals surface area contributed by atoms with Crippen molar-refractivity contribution in [3.63, 3.8) is 0 Å². The van der Waals surface area contributed by atoms with Crippen molar-refractivity contribution in [2.45, 2.75) is 77.6 Å². The molecule has 0 radical (unpaired) electrons. The van der Waals surface area contributed by atoms with Crippen molar-refractivity contribution in [3.8, 4) is 11.3 Å². The molecular weight excluding hydrogens is 321 g/mol. The van der Waals surface area contributed by atoms with Crippen molar-refractivity contribution in [2.75, 3.05) is 0 Å². The number of halogens is 1. The van der Waals surface area contributed by atoms with Crippen LogP contribution >= 0.6 is 0 Å². The Morgan fingerprint density at radius 1 is 1.00 bits per heavy atom. The maximum absolute atomic E-state index is 14.3. The van der Waals surface area contributed by atoms with Gasteiger partial charge in [0.1, 0.15) is 5.82 Å². The van der Waals surface area contributed by atoms with Crippen LogP contribution in [0.5, 0.6) is 0 Å². The van der Waals surface area contributed by atoms with Crippen molar-refractivity contribution in [3.05, 3.63) is 53.5 Å².